The van der Waals surface area contributed by atoms with Gasteiger partial charge in [-0.15, -0.1) is 0 Å². The van der Waals surface area contributed by atoms with Gasteiger partial charge in [0.2, 0.25) is 0 Å². The van der Waals surface area contributed by atoms with E-state index < -0.39 is 0 Å². The molecule has 0 aromatic heterocycles. The number of hydrogen-bond donors (Lipinski definition) is 1. The Hall–Kier alpha value is -1.71. The second-order valence-electron chi connectivity index (χ2n) is 5.06. The highest BCUT2D eigenvalue weighted by Crippen LogP contribution is 2.32. The van der Waals surface area contributed by atoms with Gasteiger partial charge in [0.25, 0.3) is 0 Å². The van der Waals surface area contributed by atoms with E-state index in [0.717, 1.165) is 24.9 Å². The van der Waals surface area contributed by atoms with Crippen molar-refractivity contribution >= 4 is 11.6 Å². The molecule has 3 nitrogen and oxygen atoms in total. The molecule has 22 heavy (non-hydrogen) atoms. The second kappa shape index (κ2) is 8.66. The van der Waals surface area contributed by atoms with Crippen LogP contribution in [0.15, 0.2) is 42.5 Å². The van der Waals surface area contributed by atoms with Gasteiger partial charge in [0, 0.05) is 17.6 Å². The van der Waals surface area contributed by atoms with Crippen LogP contribution in [-0.4, -0.2) is 20.8 Å². The zero-order valence-electron chi connectivity index (χ0n) is 13.1. The van der Waals surface area contributed by atoms with Crippen molar-refractivity contribution in [3.05, 3.63) is 58.6 Å². The van der Waals surface area contributed by atoms with Crippen LogP contribution >= 0.6 is 11.6 Å². The lowest BCUT2D eigenvalue weighted by Gasteiger charge is -2.12. The fourth-order valence-electron chi connectivity index (χ4n) is 2.32. The van der Waals surface area contributed by atoms with E-state index in [4.69, 9.17) is 21.1 Å². The van der Waals surface area contributed by atoms with Crippen molar-refractivity contribution in [2.24, 2.45) is 0 Å². The molecule has 0 spiro atoms. The maximum Gasteiger partial charge on any atom is 0.162 e. The molecule has 0 saturated heterocycles. The van der Waals surface area contributed by atoms with Crippen molar-refractivity contribution in [2.45, 2.75) is 19.4 Å². The van der Waals surface area contributed by atoms with Crippen molar-refractivity contribution in [3.63, 3.8) is 0 Å². The molecule has 2 aromatic rings. The van der Waals surface area contributed by atoms with Gasteiger partial charge in [0.1, 0.15) is 0 Å². The van der Waals surface area contributed by atoms with E-state index in [-0.39, 0.29) is 0 Å². The van der Waals surface area contributed by atoms with Crippen molar-refractivity contribution < 1.29 is 9.47 Å². The molecule has 0 aliphatic rings. The molecule has 0 aliphatic heterocycles. The van der Waals surface area contributed by atoms with E-state index >= 15 is 0 Å². The van der Waals surface area contributed by atoms with Gasteiger partial charge in [-0.3, -0.25) is 0 Å². The van der Waals surface area contributed by atoms with Gasteiger partial charge >= 0.3 is 0 Å². The second-order valence-corrected chi connectivity index (χ2v) is 5.47. The maximum atomic E-state index is 6.27. The van der Waals surface area contributed by atoms with Crippen LogP contribution in [0.1, 0.15) is 17.5 Å². The Labute approximate surface area is 137 Å². The molecule has 118 valence electrons. The molecule has 4 heteroatoms. The van der Waals surface area contributed by atoms with Gasteiger partial charge < -0.3 is 14.8 Å². The van der Waals surface area contributed by atoms with E-state index in [1.54, 1.807) is 20.3 Å². The van der Waals surface area contributed by atoms with Gasteiger partial charge in [-0.2, -0.15) is 0 Å². The third kappa shape index (κ3) is 4.65. The number of rotatable bonds is 8. The molecule has 2 aromatic carbocycles. The van der Waals surface area contributed by atoms with Crippen LogP contribution in [-0.2, 0) is 13.0 Å². The van der Waals surface area contributed by atoms with Crippen LogP contribution in [0, 0.1) is 0 Å². The topological polar surface area (TPSA) is 30.5 Å². The van der Waals surface area contributed by atoms with E-state index in [1.165, 1.54) is 5.56 Å². The number of methoxy groups -OCH3 is 2. The molecule has 0 aliphatic carbocycles. The fraction of sp³-hybridized carbons (Fsp3) is 0.333. The summed E-state index contributed by atoms with van der Waals surface area (Å²) >= 11 is 6.27. The maximum absolute atomic E-state index is 6.27. The van der Waals surface area contributed by atoms with Gasteiger partial charge in [-0.05, 0) is 36.6 Å². The molecule has 0 amide bonds. The Balaban J connectivity index is 1.81. The van der Waals surface area contributed by atoms with Gasteiger partial charge in [0.15, 0.2) is 11.5 Å². The van der Waals surface area contributed by atoms with Crippen LogP contribution in [0.3, 0.4) is 0 Å². The first-order chi connectivity index (χ1) is 10.7. The molecule has 0 saturated carbocycles. The summed E-state index contributed by atoms with van der Waals surface area (Å²) in [5, 5.41) is 4.11. The Bertz CT molecular complexity index is 587. The monoisotopic (exact) mass is 319 g/mol. The van der Waals surface area contributed by atoms with Crippen LogP contribution in [0.25, 0.3) is 0 Å². The summed E-state index contributed by atoms with van der Waals surface area (Å²) < 4.78 is 10.5. The van der Waals surface area contributed by atoms with Crippen LogP contribution < -0.4 is 14.8 Å². The number of benzene rings is 2. The van der Waals surface area contributed by atoms with Crippen molar-refractivity contribution in [1.82, 2.24) is 5.32 Å². The molecule has 0 radical (unpaired) electrons. The summed E-state index contributed by atoms with van der Waals surface area (Å²) in [6.45, 7) is 1.66. The number of nitrogens with one attached hydrogen (secondary N) is 1. The Kier molecular flexibility index (Phi) is 6.56. The third-order valence-electron chi connectivity index (χ3n) is 3.53. The van der Waals surface area contributed by atoms with Crippen LogP contribution in [0.4, 0.5) is 0 Å². The lowest BCUT2D eigenvalue weighted by Crippen LogP contribution is -2.15. The molecule has 0 heterocycles. The number of hydrogen-bond acceptors (Lipinski definition) is 3. The minimum absolute atomic E-state index is 0.653. The highest BCUT2D eigenvalue weighted by molar-refractivity contribution is 6.31. The first-order valence-electron chi connectivity index (χ1n) is 7.39. The van der Waals surface area contributed by atoms with Gasteiger partial charge in [-0.1, -0.05) is 41.9 Å². The van der Waals surface area contributed by atoms with E-state index in [2.05, 4.69) is 29.6 Å². The molecular formula is C18H22ClNO2. The van der Waals surface area contributed by atoms with E-state index in [9.17, 15) is 0 Å². The van der Waals surface area contributed by atoms with Gasteiger partial charge in [0.05, 0.1) is 14.2 Å². The van der Waals surface area contributed by atoms with Crippen LogP contribution in [0.5, 0.6) is 11.5 Å². The average molecular weight is 320 g/mol. The lowest BCUT2D eigenvalue weighted by molar-refractivity contribution is 0.354. The minimum Gasteiger partial charge on any atom is -0.493 e. The highest BCUT2D eigenvalue weighted by Gasteiger charge is 2.09. The SMILES string of the molecule is COc1cc(Cl)c(CNCCCc2ccccc2)cc1OC. The number of halogens is 1. The summed E-state index contributed by atoms with van der Waals surface area (Å²) in [7, 11) is 3.23. The molecule has 1 N–H and O–H groups in total. The summed E-state index contributed by atoms with van der Waals surface area (Å²) in [6, 6.07) is 14.2. The zero-order valence-corrected chi connectivity index (χ0v) is 13.8. The fourth-order valence-corrected chi connectivity index (χ4v) is 2.54. The summed E-state index contributed by atoms with van der Waals surface area (Å²) in [5.74, 6) is 1.35. The Morgan fingerprint density at radius 2 is 1.68 bits per heavy atom. The minimum atomic E-state index is 0.653. The molecule has 0 bridgehead atoms. The summed E-state index contributed by atoms with van der Waals surface area (Å²) in [5.41, 5.74) is 2.38. The smallest absolute Gasteiger partial charge is 0.162 e. The van der Waals surface area contributed by atoms with E-state index in [0.29, 0.717) is 23.1 Å². The van der Waals surface area contributed by atoms with E-state index in [1.807, 2.05) is 12.1 Å². The number of ether oxygens (including phenoxy) is 2. The first kappa shape index (κ1) is 16.7. The normalized spacial score (nSPS) is 10.5. The average Bonchev–Trinajstić information content (AvgIpc) is 2.56. The standard InChI is InChI=1S/C18H22ClNO2/c1-21-17-11-15(16(19)12-18(17)22-2)13-20-10-6-9-14-7-4-3-5-8-14/h3-5,7-8,11-12,20H,6,9-10,13H2,1-2H3. The van der Waals surface area contributed by atoms with Crippen molar-refractivity contribution in [1.29, 1.82) is 0 Å². The number of aryl methyl sites for hydroxylation is 1. The predicted octanol–water partition coefficient (Wildman–Crippen LogP) is 4.08. The van der Waals surface area contributed by atoms with Gasteiger partial charge in [-0.25, -0.2) is 0 Å². The Morgan fingerprint density at radius 1 is 1.00 bits per heavy atom. The van der Waals surface area contributed by atoms with Crippen molar-refractivity contribution in [3.8, 4) is 11.5 Å². The van der Waals surface area contributed by atoms with Crippen LogP contribution in [0.2, 0.25) is 5.02 Å². The van der Waals surface area contributed by atoms with Crippen molar-refractivity contribution in [2.75, 3.05) is 20.8 Å². The molecule has 0 fully saturated rings. The highest BCUT2D eigenvalue weighted by atomic mass is 35.5. The molecule has 0 atom stereocenters. The lowest BCUT2D eigenvalue weighted by atomic mass is 10.1. The molecular weight excluding hydrogens is 298 g/mol. The predicted molar refractivity (Wildman–Crippen MR) is 91.0 cm³/mol. The molecule has 0 unspecified atom stereocenters. The quantitative estimate of drug-likeness (QED) is 0.744. The first-order valence-corrected chi connectivity index (χ1v) is 7.77. The third-order valence-corrected chi connectivity index (χ3v) is 3.88. The zero-order chi connectivity index (χ0) is 15.8. The largest absolute Gasteiger partial charge is 0.493 e. The summed E-state index contributed by atoms with van der Waals surface area (Å²) in [6.07, 6.45) is 2.17. The Morgan fingerprint density at radius 3 is 2.36 bits per heavy atom. The molecule has 2 rings (SSSR count). The summed E-state index contributed by atoms with van der Waals surface area (Å²) in [4.78, 5) is 0.